The Morgan fingerprint density at radius 3 is 2.44 bits per heavy atom. The monoisotopic (exact) mass is 395 g/mol. The molecule has 1 aromatic heterocycles. The second-order valence-corrected chi connectivity index (χ2v) is 7.25. The Morgan fingerprint density at radius 1 is 1.19 bits per heavy atom. The topological polar surface area (TPSA) is 36.4 Å². The molecule has 142 valence electrons. The first-order valence-corrected chi connectivity index (χ1v) is 9.07. The number of nitrogens with zero attached hydrogens (tertiary/aromatic N) is 3. The van der Waals surface area contributed by atoms with Crippen LogP contribution < -0.4 is 4.90 Å². The minimum Gasteiger partial charge on any atom is -0.343 e. The zero-order valence-corrected chi connectivity index (χ0v) is 15.1. The van der Waals surface area contributed by atoms with E-state index in [0.717, 1.165) is 29.8 Å². The molecule has 0 unspecified atom stereocenters. The SMILES string of the molecule is O=C([C@@H]1CCCN1c1ncc(C(F)(F)F)cc1Cl)N1Cc2ccccc2C1. The summed E-state index contributed by atoms with van der Waals surface area (Å²) < 4.78 is 38.5. The number of benzene rings is 1. The number of anilines is 1. The Morgan fingerprint density at radius 2 is 1.85 bits per heavy atom. The number of rotatable bonds is 2. The lowest BCUT2D eigenvalue weighted by Crippen LogP contribution is -2.44. The van der Waals surface area contributed by atoms with Crippen LogP contribution in [0.5, 0.6) is 0 Å². The predicted molar refractivity (Wildman–Crippen MR) is 95.3 cm³/mol. The van der Waals surface area contributed by atoms with Crippen LogP contribution in [0.15, 0.2) is 36.5 Å². The van der Waals surface area contributed by atoms with Gasteiger partial charge in [-0.25, -0.2) is 4.98 Å². The van der Waals surface area contributed by atoms with Crippen molar-refractivity contribution in [3.05, 3.63) is 58.2 Å². The van der Waals surface area contributed by atoms with Crippen LogP contribution in [0.3, 0.4) is 0 Å². The van der Waals surface area contributed by atoms with Crippen LogP contribution in [-0.4, -0.2) is 28.4 Å². The second-order valence-electron chi connectivity index (χ2n) is 6.84. The number of pyridine rings is 1. The van der Waals surface area contributed by atoms with Crippen LogP contribution in [0.4, 0.5) is 19.0 Å². The molecule has 0 aliphatic carbocycles. The zero-order chi connectivity index (χ0) is 19.2. The highest BCUT2D eigenvalue weighted by Gasteiger charge is 2.38. The summed E-state index contributed by atoms with van der Waals surface area (Å²) in [4.78, 5) is 20.5. The third-order valence-electron chi connectivity index (χ3n) is 5.11. The summed E-state index contributed by atoms with van der Waals surface area (Å²) in [6.07, 6.45) is -2.34. The fourth-order valence-corrected chi connectivity index (χ4v) is 4.05. The molecule has 1 atom stereocenters. The lowest BCUT2D eigenvalue weighted by atomic mass is 10.1. The number of hydrogen-bond donors (Lipinski definition) is 0. The average molecular weight is 396 g/mol. The van der Waals surface area contributed by atoms with Crippen LogP contribution in [0.1, 0.15) is 29.5 Å². The maximum Gasteiger partial charge on any atom is 0.417 e. The second kappa shape index (κ2) is 6.71. The molecule has 0 bridgehead atoms. The van der Waals surface area contributed by atoms with Gasteiger partial charge in [-0.15, -0.1) is 0 Å². The Hall–Kier alpha value is -2.28. The van der Waals surface area contributed by atoms with E-state index in [9.17, 15) is 18.0 Å². The van der Waals surface area contributed by atoms with Crippen molar-refractivity contribution < 1.29 is 18.0 Å². The lowest BCUT2D eigenvalue weighted by Gasteiger charge is -2.29. The van der Waals surface area contributed by atoms with E-state index in [0.29, 0.717) is 26.1 Å². The van der Waals surface area contributed by atoms with Gasteiger partial charge >= 0.3 is 6.18 Å². The number of hydrogen-bond acceptors (Lipinski definition) is 3. The maximum atomic E-state index is 13.1. The molecule has 0 N–H and O–H groups in total. The molecule has 1 saturated heterocycles. The first kappa shape index (κ1) is 18.1. The van der Waals surface area contributed by atoms with E-state index in [1.807, 2.05) is 24.3 Å². The number of halogens is 4. The molecule has 0 spiro atoms. The molecule has 2 aromatic rings. The van der Waals surface area contributed by atoms with E-state index in [1.54, 1.807) is 9.80 Å². The Labute approximate surface area is 159 Å². The summed E-state index contributed by atoms with van der Waals surface area (Å²) in [6.45, 7) is 1.64. The summed E-state index contributed by atoms with van der Waals surface area (Å²) in [5, 5.41) is -0.0887. The normalized spacial score (nSPS) is 19.5. The van der Waals surface area contributed by atoms with Crippen molar-refractivity contribution in [2.45, 2.75) is 38.1 Å². The molecular weight excluding hydrogens is 379 g/mol. The number of carbonyl (C=O) groups excluding carboxylic acids is 1. The van der Waals surface area contributed by atoms with Gasteiger partial charge in [0.25, 0.3) is 0 Å². The van der Waals surface area contributed by atoms with Crippen LogP contribution in [-0.2, 0) is 24.1 Å². The molecule has 2 aliphatic rings. The molecule has 0 radical (unpaired) electrons. The number of fused-ring (bicyclic) bond motifs is 1. The van der Waals surface area contributed by atoms with E-state index >= 15 is 0 Å². The van der Waals surface area contributed by atoms with Gasteiger partial charge in [-0.2, -0.15) is 13.2 Å². The molecule has 1 amide bonds. The summed E-state index contributed by atoms with van der Waals surface area (Å²) in [5.41, 5.74) is 1.36. The first-order chi connectivity index (χ1) is 12.8. The fourth-order valence-electron chi connectivity index (χ4n) is 3.77. The Bertz CT molecular complexity index is 862. The molecule has 1 fully saturated rings. The van der Waals surface area contributed by atoms with E-state index in [2.05, 4.69) is 4.98 Å². The lowest BCUT2D eigenvalue weighted by molar-refractivity contribution is -0.138. The van der Waals surface area contributed by atoms with Gasteiger partial charge in [-0.05, 0) is 30.0 Å². The highest BCUT2D eigenvalue weighted by atomic mass is 35.5. The van der Waals surface area contributed by atoms with Crippen molar-refractivity contribution in [1.82, 2.24) is 9.88 Å². The molecule has 4 nitrogen and oxygen atoms in total. The molecule has 8 heteroatoms. The minimum absolute atomic E-state index is 0.0403. The van der Waals surface area contributed by atoms with Crippen LogP contribution >= 0.6 is 11.6 Å². The molecule has 1 aromatic carbocycles. The van der Waals surface area contributed by atoms with Gasteiger partial charge in [-0.3, -0.25) is 4.79 Å². The highest BCUT2D eigenvalue weighted by Crippen LogP contribution is 2.36. The summed E-state index contributed by atoms with van der Waals surface area (Å²) in [6, 6.07) is 8.31. The van der Waals surface area contributed by atoms with Crippen molar-refractivity contribution >= 4 is 23.3 Å². The first-order valence-electron chi connectivity index (χ1n) is 8.69. The van der Waals surface area contributed by atoms with E-state index < -0.39 is 17.8 Å². The van der Waals surface area contributed by atoms with Crippen LogP contribution in [0, 0.1) is 0 Å². The predicted octanol–water partition coefficient (Wildman–Crippen LogP) is 4.27. The van der Waals surface area contributed by atoms with Gasteiger partial charge in [0.05, 0.1) is 10.6 Å². The van der Waals surface area contributed by atoms with Gasteiger partial charge in [0.2, 0.25) is 5.91 Å². The summed E-state index contributed by atoms with van der Waals surface area (Å²) >= 11 is 6.09. The Balaban J connectivity index is 1.56. The molecular formula is C19H17ClF3N3O. The third kappa shape index (κ3) is 3.36. The Kier molecular flexibility index (Phi) is 4.50. The van der Waals surface area contributed by atoms with Crippen molar-refractivity contribution in [2.75, 3.05) is 11.4 Å². The van der Waals surface area contributed by atoms with E-state index in [4.69, 9.17) is 11.6 Å². The smallest absolute Gasteiger partial charge is 0.343 e. The van der Waals surface area contributed by atoms with Crippen molar-refractivity contribution in [3.63, 3.8) is 0 Å². The minimum atomic E-state index is -4.50. The van der Waals surface area contributed by atoms with Gasteiger partial charge < -0.3 is 9.80 Å². The highest BCUT2D eigenvalue weighted by molar-refractivity contribution is 6.33. The van der Waals surface area contributed by atoms with Crippen molar-refractivity contribution in [3.8, 4) is 0 Å². The summed E-state index contributed by atoms with van der Waals surface area (Å²) in [5.74, 6) is 0.193. The molecule has 0 saturated carbocycles. The third-order valence-corrected chi connectivity index (χ3v) is 5.39. The molecule has 2 aliphatic heterocycles. The zero-order valence-electron chi connectivity index (χ0n) is 14.3. The average Bonchev–Trinajstić information content (AvgIpc) is 3.27. The number of amides is 1. The van der Waals surface area contributed by atoms with Crippen LogP contribution in [0.2, 0.25) is 5.02 Å². The number of carbonyl (C=O) groups is 1. The standard InChI is InChI=1S/C19H17ClF3N3O/c20-15-8-14(19(21,22)23)9-24-17(15)26-7-3-6-16(26)18(27)25-10-12-4-1-2-5-13(12)11-25/h1-2,4-5,8-9,16H,3,6-7,10-11H2/t16-/m0/s1. The van der Waals surface area contributed by atoms with Gasteiger partial charge in [0, 0.05) is 25.8 Å². The van der Waals surface area contributed by atoms with Crippen molar-refractivity contribution in [1.29, 1.82) is 0 Å². The van der Waals surface area contributed by atoms with Crippen LogP contribution in [0.25, 0.3) is 0 Å². The van der Waals surface area contributed by atoms with Gasteiger partial charge in [0.15, 0.2) is 0 Å². The fraction of sp³-hybridized carbons (Fsp3) is 0.368. The molecule has 27 heavy (non-hydrogen) atoms. The quantitative estimate of drug-likeness (QED) is 0.762. The maximum absolute atomic E-state index is 13.1. The van der Waals surface area contributed by atoms with Gasteiger partial charge in [-0.1, -0.05) is 35.9 Å². The molecule has 4 rings (SSSR count). The van der Waals surface area contributed by atoms with E-state index in [1.165, 1.54) is 0 Å². The van der Waals surface area contributed by atoms with Gasteiger partial charge in [0.1, 0.15) is 11.9 Å². The van der Waals surface area contributed by atoms with E-state index in [-0.39, 0.29) is 16.7 Å². The number of alkyl halides is 3. The van der Waals surface area contributed by atoms with Crippen molar-refractivity contribution in [2.24, 2.45) is 0 Å². The summed E-state index contributed by atoms with van der Waals surface area (Å²) in [7, 11) is 0. The molecule has 3 heterocycles. The largest absolute Gasteiger partial charge is 0.417 e. The number of aromatic nitrogens is 1.